The number of amides is 2. The summed E-state index contributed by atoms with van der Waals surface area (Å²) in [6, 6.07) is 16.0. The Labute approximate surface area is 263 Å². The molecule has 2 aromatic carbocycles. The highest BCUT2D eigenvalue weighted by Crippen LogP contribution is 2.43. The van der Waals surface area contributed by atoms with Crippen LogP contribution in [0.2, 0.25) is 0 Å². The first-order chi connectivity index (χ1) is 21.9. The molecule has 0 bridgehead atoms. The SMILES string of the molecule is CCCCNC(=O)c1ccc(-c2cc3c(cc2C(=O)Nc2ccc4c(N)nccc4c2)-c2sccc2CCO3)c(C(=O)OC)n1. The molecule has 0 atom stereocenters. The van der Waals surface area contributed by atoms with Gasteiger partial charge in [0.25, 0.3) is 11.8 Å². The molecule has 4 N–H and O–H groups in total. The van der Waals surface area contributed by atoms with Crippen molar-refractivity contribution in [3.8, 4) is 27.3 Å². The minimum absolute atomic E-state index is 0.0698. The van der Waals surface area contributed by atoms with E-state index in [1.165, 1.54) is 13.2 Å². The number of nitrogens with two attached hydrogens (primary N) is 1. The van der Waals surface area contributed by atoms with E-state index in [1.807, 2.05) is 24.4 Å². The van der Waals surface area contributed by atoms with E-state index >= 15 is 0 Å². The lowest BCUT2D eigenvalue weighted by Gasteiger charge is -2.17. The molecule has 0 unspecified atom stereocenters. The number of hydrogen-bond donors (Lipinski definition) is 3. The number of fused-ring (bicyclic) bond motifs is 4. The molecule has 4 heterocycles. The van der Waals surface area contributed by atoms with Crippen LogP contribution >= 0.6 is 11.3 Å². The zero-order valence-electron chi connectivity index (χ0n) is 24.8. The summed E-state index contributed by atoms with van der Waals surface area (Å²) in [5.41, 5.74) is 9.50. The summed E-state index contributed by atoms with van der Waals surface area (Å²) < 4.78 is 11.2. The number of carbonyl (C=O) groups excluding carboxylic acids is 3. The van der Waals surface area contributed by atoms with Crippen LogP contribution < -0.4 is 21.1 Å². The number of nitrogens with zero attached hydrogens (tertiary/aromatic N) is 2. The quantitative estimate of drug-likeness (QED) is 0.139. The number of benzene rings is 2. The van der Waals surface area contributed by atoms with Crippen molar-refractivity contribution in [2.75, 3.05) is 31.3 Å². The van der Waals surface area contributed by atoms with Crippen molar-refractivity contribution in [3.63, 3.8) is 0 Å². The van der Waals surface area contributed by atoms with Gasteiger partial charge in [-0.25, -0.2) is 14.8 Å². The van der Waals surface area contributed by atoms with Crippen molar-refractivity contribution in [1.29, 1.82) is 0 Å². The number of rotatable bonds is 8. The van der Waals surface area contributed by atoms with Crippen LogP contribution in [-0.2, 0) is 11.2 Å². The van der Waals surface area contributed by atoms with Gasteiger partial charge < -0.3 is 25.8 Å². The number of aromatic nitrogens is 2. The van der Waals surface area contributed by atoms with Crippen LogP contribution in [-0.4, -0.2) is 48.0 Å². The summed E-state index contributed by atoms with van der Waals surface area (Å²) in [6.07, 6.45) is 4.06. The molecule has 0 spiro atoms. The number of esters is 1. The zero-order valence-corrected chi connectivity index (χ0v) is 25.6. The largest absolute Gasteiger partial charge is 0.493 e. The number of ether oxygens (including phenoxy) is 2. The van der Waals surface area contributed by atoms with Crippen molar-refractivity contribution in [3.05, 3.63) is 88.7 Å². The van der Waals surface area contributed by atoms with E-state index in [1.54, 1.807) is 47.9 Å². The van der Waals surface area contributed by atoms with E-state index in [0.717, 1.165) is 46.0 Å². The van der Waals surface area contributed by atoms with Gasteiger partial charge >= 0.3 is 5.97 Å². The summed E-state index contributed by atoms with van der Waals surface area (Å²) >= 11 is 1.57. The fourth-order valence-electron chi connectivity index (χ4n) is 5.33. The maximum Gasteiger partial charge on any atom is 0.357 e. The van der Waals surface area contributed by atoms with E-state index in [2.05, 4.69) is 26.7 Å². The highest BCUT2D eigenvalue weighted by molar-refractivity contribution is 7.13. The fraction of sp³-hybridized carbons (Fsp3) is 0.206. The number of anilines is 2. The summed E-state index contributed by atoms with van der Waals surface area (Å²) in [4.78, 5) is 49.6. The van der Waals surface area contributed by atoms with Crippen LogP contribution in [0.15, 0.2) is 66.2 Å². The Hall–Kier alpha value is -5.29. The van der Waals surface area contributed by atoms with Gasteiger partial charge in [-0.3, -0.25) is 9.59 Å². The molecule has 0 radical (unpaired) electrons. The average molecular weight is 622 g/mol. The standard InChI is InChI=1S/C34H31N5O5S/c1-3-4-12-37-33(41)27-8-7-23(29(39-27)34(42)43-2)24-18-28-26(30-19(10-14-44-28)11-15-45-30)17-25(24)32(40)38-21-5-6-22-20(16-21)9-13-36-31(22)35/h5-9,11,13,15-18H,3-4,10,12,14H2,1-2H3,(H2,35,36)(H,37,41)(H,38,40). The maximum absolute atomic E-state index is 14.1. The number of nitrogens with one attached hydrogen (secondary N) is 2. The number of methoxy groups -OCH3 is 1. The first-order valence-electron chi connectivity index (χ1n) is 14.6. The molecule has 6 rings (SSSR count). The number of thiophene rings is 1. The van der Waals surface area contributed by atoms with Gasteiger partial charge in [0.05, 0.1) is 13.7 Å². The van der Waals surface area contributed by atoms with Crippen LogP contribution in [0.5, 0.6) is 5.75 Å². The second-order valence-electron chi connectivity index (χ2n) is 10.5. The molecule has 2 amide bonds. The Balaban J connectivity index is 1.48. The maximum atomic E-state index is 14.1. The van der Waals surface area contributed by atoms with Gasteiger partial charge in [0.15, 0.2) is 5.69 Å². The third-order valence-electron chi connectivity index (χ3n) is 7.65. The highest BCUT2D eigenvalue weighted by Gasteiger charge is 2.27. The molecule has 45 heavy (non-hydrogen) atoms. The lowest BCUT2D eigenvalue weighted by atomic mass is 9.93. The van der Waals surface area contributed by atoms with Gasteiger partial charge in [-0.05, 0) is 77.3 Å². The molecule has 1 aliphatic heterocycles. The predicted molar refractivity (Wildman–Crippen MR) is 175 cm³/mol. The van der Waals surface area contributed by atoms with E-state index in [-0.39, 0.29) is 11.4 Å². The highest BCUT2D eigenvalue weighted by atomic mass is 32.1. The summed E-state index contributed by atoms with van der Waals surface area (Å²) in [6.45, 7) is 2.97. The van der Waals surface area contributed by atoms with E-state index in [4.69, 9.17) is 15.2 Å². The molecule has 10 nitrogen and oxygen atoms in total. The van der Waals surface area contributed by atoms with Crippen molar-refractivity contribution in [1.82, 2.24) is 15.3 Å². The molecule has 1 aliphatic rings. The lowest BCUT2D eigenvalue weighted by molar-refractivity contribution is 0.0594. The Morgan fingerprint density at radius 3 is 2.71 bits per heavy atom. The van der Waals surface area contributed by atoms with Crippen LogP contribution in [0.4, 0.5) is 11.5 Å². The molecular formula is C34H31N5O5S. The second kappa shape index (κ2) is 12.7. The Kier molecular flexibility index (Phi) is 8.43. The van der Waals surface area contributed by atoms with Crippen LogP contribution in [0.3, 0.4) is 0 Å². The number of unbranched alkanes of at least 4 members (excludes halogenated alkanes) is 1. The van der Waals surface area contributed by atoms with Crippen molar-refractivity contribution in [2.24, 2.45) is 0 Å². The van der Waals surface area contributed by atoms with Crippen molar-refractivity contribution in [2.45, 2.75) is 26.2 Å². The number of pyridine rings is 2. The topological polar surface area (TPSA) is 146 Å². The van der Waals surface area contributed by atoms with Gasteiger partial charge in [0.2, 0.25) is 0 Å². The van der Waals surface area contributed by atoms with Gasteiger partial charge in [-0.2, -0.15) is 0 Å². The van der Waals surface area contributed by atoms with Gasteiger partial charge in [0.1, 0.15) is 17.3 Å². The Morgan fingerprint density at radius 2 is 1.89 bits per heavy atom. The molecule has 11 heteroatoms. The lowest BCUT2D eigenvalue weighted by Crippen LogP contribution is -2.26. The van der Waals surface area contributed by atoms with E-state index < -0.39 is 17.8 Å². The summed E-state index contributed by atoms with van der Waals surface area (Å²) in [5, 5.41) is 9.44. The molecule has 0 saturated carbocycles. The number of hydrogen-bond acceptors (Lipinski definition) is 9. The van der Waals surface area contributed by atoms with E-state index in [9.17, 15) is 14.4 Å². The Bertz CT molecular complexity index is 1950. The minimum atomic E-state index is -0.739. The molecule has 0 fully saturated rings. The summed E-state index contributed by atoms with van der Waals surface area (Å²) in [5.74, 6) is -0.574. The monoisotopic (exact) mass is 621 g/mol. The zero-order chi connectivity index (χ0) is 31.5. The van der Waals surface area contributed by atoms with Gasteiger partial charge in [-0.1, -0.05) is 13.3 Å². The van der Waals surface area contributed by atoms with E-state index in [0.29, 0.717) is 47.1 Å². The molecular weight excluding hydrogens is 590 g/mol. The number of carbonyl (C=O) groups is 3. The van der Waals surface area contributed by atoms with Gasteiger partial charge in [0, 0.05) is 57.4 Å². The summed E-state index contributed by atoms with van der Waals surface area (Å²) in [7, 11) is 1.25. The average Bonchev–Trinajstić information content (AvgIpc) is 3.45. The van der Waals surface area contributed by atoms with Crippen LogP contribution in [0.1, 0.15) is 56.7 Å². The van der Waals surface area contributed by atoms with Crippen molar-refractivity contribution >= 4 is 51.4 Å². The van der Waals surface area contributed by atoms with Crippen LogP contribution in [0.25, 0.3) is 32.3 Å². The third-order valence-corrected chi connectivity index (χ3v) is 8.64. The number of nitrogen functional groups attached to an aromatic ring is 1. The molecule has 5 aromatic rings. The minimum Gasteiger partial charge on any atom is -0.493 e. The molecule has 228 valence electrons. The first kappa shape index (κ1) is 29.8. The predicted octanol–water partition coefficient (Wildman–Crippen LogP) is 6.11. The fourth-order valence-corrected chi connectivity index (χ4v) is 6.31. The molecule has 3 aromatic heterocycles. The molecule has 0 saturated heterocycles. The second-order valence-corrected chi connectivity index (χ2v) is 11.5. The Morgan fingerprint density at radius 1 is 1.02 bits per heavy atom. The smallest absolute Gasteiger partial charge is 0.357 e. The third kappa shape index (κ3) is 5.94. The molecule has 0 aliphatic carbocycles. The first-order valence-corrected chi connectivity index (χ1v) is 15.5. The van der Waals surface area contributed by atoms with Gasteiger partial charge in [-0.15, -0.1) is 11.3 Å². The van der Waals surface area contributed by atoms with Crippen LogP contribution in [0, 0.1) is 0 Å². The normalized spacial score (nSPS) is 12.0. The van der Waals surface area contributed by atoms with Crippen molar-refractivity contribution < 1.29 is 23.9 Å².